The molecule has 0 spiro atoms. The van der Waals surface area contributed by atoms with Crippen molar-refractivity contribution in [3.8, 4) is 0 Å². The van der Waals surface area contributed by atoms with Gasteiger partial charge in [0.15, 0.2) is 0 Å². The van der Waals surface area contributed by atoms with Gasteiger partial charge in [0.1, 0.15) is 0 Å². The monoisotopic (exact) mass is 207 g/mol. The summed E-state index contributed by atoms with van der Waals surface area (Å²) in [6.07, 6.45) is 15.4. The Hall–Kier alpha value is -1.31. The van der Waals surface area contributed by atoms with Crippen LogP contribution in [0.15, 0.2) is 36.6 Å². The lowest BCUT2D eigenvalue weighted by Crippen LogP contribution is -2.13. The van der Waals surface area contributed by atoms with Crippen molar-refractivity contribution >= 4 is 5.91 Å². The van der Waals surface area contributed by atoms with Crippen LogP contribution in [0.25, 0.3) is 0 Å². The maximum Gasteiger partial charge on any atom is 0.247 e. The van der Waals surface area contributed by atoms with E-state index in [-0.39, 0.29) is 5.91 Å². The fourth-order valence-corrected chi connectivity index (χ4v) is 1.04. The number of hydrogen-bond acceptors (Lipinski definition) is 1. The van der Waals surface area contributed by atoms with Gasteiger partial charge in [-0.25, -0.2) is 0 Å². The Morgan fingerprint density at radius 1 is 1.27 bits per heavy atom. The molecule has 0 aromatic rings. The third-order valence-electron chi connectivity index (χ3n) is 1.87. The minimum absolute atomic E-state index is 0.0835. The zero-order valence-corrected chi connectivity index (χ0v) is 9.70. The zero-order valence-electron chi connectivity index (χ0n) is 9.70. The second-order valence-corrected chi connectivity index (χ2v) is 3.29. The van der Waals surface area contributed by atoms with Crippen LogP contribution in [0.4, 0.5) is 0 Å². The highest BCUT2D eigenvalue weighted by molar-refractivity contribution is 5.88. The summed E-state index contributed by atoms with van der Waals surface area (Å²) in [6, 6.07) is 0. The van der Waals surface area contributed by atoms with Crippen LogP contribution in [0.3, 0.4) is 0 Å². The maximum absolute atomic E-state index is 11.1. The van der Waals surface area contributed by atoms with Crippen molar-refractivity contribution in [3.05, 3.63) is 36.6 Å². The van der Waals surface area contributed by atoms with E-state index in [1.165, 1.54) is 25.3 Å². The number of carbonyl (C=O) groups is 1. The second-order valence-electron chi connectivity index (χ2n) is 3.29. The first kappa shape index (κ1) is 13.7. The van der Waals surface area contributed by atoms with E-state index in [1.807, 2.05) is 25.2 Å². The Kier molecular flexibility index (Phi) is 9.83. The Balaban J connectivity index is 3.53. The Morgan fingerprint density at radius 2 is 2.07 bits per heavy atom. The highest BCUT2D eigenvalue weighted by atomic mass is 16.1. The van der Waals surface area contributed by atoms with E-state index in [9.17, 15) is 4.79 Å². The molecule has 0 aliphatic heterocycles. The average molecular weight is 207 g/mol. The van der Waals surface area contributed by atoms with Gasteiger partial charge >= 0.3 is 0 Å². The molecule has 0 heterocycles. The molecule has 0 saturated heterocycles. The molecule has 0 bridgehead atoms. The number of carbonyl (C=O) groups excluding carboxylic acids is 1. The molecular weight excluding hydrogens is 186 g/mol. The number of nitrogens with one attached hydrogen (secondary N) is 1. The summed E-state index contributed by atoms with van der Waals surface area (Å²) < 4.78 is 0. The molecule has 0 aromatic heterocycles. The zero-order chi connectivity index (χ0) is 11.4. The van der Waals surface area contributed by atoms with Crippen LogP contribution in [0.5, 0.6) is 0 Å². The van der Waals surface area contributed by atoms with Gasteiger partial charge in [-0.15, -0.1) is 0 Å². The normalized spacial score (nSPS) is 11.9. The van der Waals surface area contributed by atoms with Crippen LogP contribution < -0.4 is 5.32 Å². The largest absolute Gasteiger partial charge is 0.329 e. The van der Waals surface area contributed by atoms with Gasteiger partial charge in [-0.1, -0.05) is 44.1 Å². The predicted octanol–water partition coefficient (Wildman–Crippen LogP) is 3.33. The van der Waals surface area contributed by atoms with Gasteiger partial charge in [0.05, 0.1) is 0 Å². The minimum Gasteiger partial charge on any atom is -0.329 e. The summed E-state index contributed by atoms with van der Waals surface area (Å²) in [5.41, 5.74) is 0. The number of amides is 1. The van der Waals surface area contributed by atoms with E-state index in [0.29, 0.717) is 0 Å². The van der Waals surface area contributed by atoms with Gasteiger partial charge in [-0.05, 0) is 19.8 Å². The first-order valence-electron chi connectivity index (χ1n) is 5.56. The SMILES string of the molecule is C/C=C/C=C/C(=O)N/C=C\CCCCC. The van der Waals surface area contributed by atoms with Crippen molar-refractivity contribution in [3.63, 3.8) is 0 Å². The van der Waals surface area contributed by atoms with Crippen molar-refractivity contribution in [2.24, 2.45) is 0 Å². The first-order valence-corrected chi connectivity index (χ1v) is 5.56. The van der Waals surface area contributed by atoms with Crippen LogP contribution in [-0.4, -0.2) is 5.91 Å². The van der Waals surface area contributed by atoms with Crippen LogP contribution in [-0.2, 0) is 4.79 Å². The highest BCUT2D eigenvalue weighted by Crippen LogP contribution is 1.98. The minimum atomic E-state index is -0.0835. The quantitative estimate of drug-likeness (QED) is 0.387. The van der Waals surface area contributed by atoms with Gasteiger partial charge in [0.25, 0.3) is 0 Å². The van der Waals surface area contributed by atoms with E-state index >= 15 is 0 Å². The molecule has 0 aliphatic carbocycles. The Morgan fingerprint density at radius 3 is 2.73 bits per heavy atom. The number of allylic oxidation sites excluding steroid dienone is 4. The van der Waals surface area contributed by atoms with Gasteiger partial charge < -0.3 is 5.32 Å². The number of unbranched alkanes of at least 4 members (excludes halogenated alkanes) is 3. The number of hydrogen-bond donors (Lipinski definition) is 1. The molecule has 0 aromatic carbocycles. The first-order chi connectivity index (χ1) is 7.31. The summed E-state index contributed by atoms with van der Waals surface area (Å²) in [5, 5.41) is 2.68. The summed E-state index contributed by atoms with van der Waals surface area (Å²) in [4.78, 5) is 11.1. The molecule has 2 heteroatoms. The highest BCUT2D eigenvalue weighted by Gasteiger charge is 1.87. The predicted molar refractivity (Wildman–Crippen MR) is 65.4 cm³/mol. The van der Waals surface area contributed by atoms with E-state index < -0.39 is 0 Å². The second kappa shape index (κ2) is 10.8. The molecule has 0 radical (unpaired) electrons. The third-order valence-corrected chi connectivity index (χ3v) is 1.87. The lowest BCUT2D eigenvalue weighted by atomic mass is 10.2. The molecule has 84 valence electrons. The third kappa shape index (κ3) is 10.6. The molecule has 2 nitrogen and oxygen atoms in total. The molecule has 15 heavy (non-hydrogen) atoms. The Labute approximate surface area is 92.8 Å². The molecule has 0 rings (SSSR count). The van der Waals surface area contributed by atoms with Crippen LogP contribution in [0, 0.1) is 0 Å². The van der Waals surface area contributed by atoms with Crippen LogP contribution in [0.2, 0.25) is 0 Å². The standard InChI is InChI=1S/C13H21NO/c1-3-5-7-8-10-12-14-13(15)11-9-6-4-2/h4,6,9-12H,3,5,7-8H2,1-2H3,(H,14,15)/b6-4+,11-9+,12-10-. The van der Waals surface area contributed by atoms with E-state index in [2.05, 4.69) is 12.2 Å². The summed E-state index contributed by atoms with van der Waals surface area (Å²) in [7, 11) is 0. The van der Waals surface area contributed by atoms with Crippen LogP contribution >= 0.6 is 0 Å². The van der Waals surface area contributed by atoms with Gasteiger partial charge in [-0.3, -0.25) is 4.79 Å². The van der Waals surface area contributed by atoms with Gasteiger partial charge in [0, 0.05) is 12.3 Å². The molecule has 0 saturated carbocycles. The summed E-state index contributed by atoms with van der Waals surface area (Å²) in [6.45, 7) is 4.09. The summed E-state index contributed by atoms with van der Waals surface area (Å²) >= 11 is 0. The fraction of sp³-hybridized carbons (Fsp3) is 0.462. The van der Waals surface area contributed by atoms with Gasteiger partial charge in [0.2, 0.25) is 5.91 Å². The van der Waals surface area contributed by atoms with Crippen molar-refractivity contribution < 1.29 is 4.79 Å². The molecule has 0 unspecified atom stereocenters. The molecule has 0 atom stereocenters. The fourth-order valence-electron chi connectivity index (χ4n) is 1.04. The molecule has 0 fully saturated rings. The molecular formula is C13H21NO. The van der Waals surface area contributed by atoms with E-state index in [4.69, 9.17) is 0 Å². The van der Waals surface area contributed by atoms with Crippen molar-refractivity contribution in [1.29, 1.82) is 0 Å². The molecule has 0 aliphatic rings. The maximum atomic E-state index is 11.1. The topological polar surface area (TPSA) is 29.1 Å². The van der Waals surface area contributed by atoms with Crippen molar-refractivity contribution in [2.45, 2.75) is 39.5 Å². The lowest BCUT2D eigenvalue weighted by Gasteiger charge is -1.93. The molecule has 1 N–H and O–H groups in total. The molecule has 1 amide bonds. The van der Waals surface area contributed by atoms with Crippen molar-refractivity contribution in [2.75, 3.05) is 0 Å². The van der Waals surface area contributed by atoms with Crippen molar-refractivity contribution in [1.82, 2.24) is 5.32 Å². The summed E-state index contributed by atoms with van der Waals surface area (Å²) in [5.74, 6) is -0.0835. The van der Waals surface area contributed by atoms with Crippen LogP contribution in [0.1, 0.15) is 39.5 Å². The van der Waals surface area contributed by atoms with E-state index in [0.717, 1.165) is 6.42 Å². The smallest absolute Gasteiger partial charge is 0.247 e. The average Bonchev–Trinajstić information content (AvgIpc) is 2.23. The van der Waals surface area contributed by atoms with Gasteiger partial charge in [-0.2, -0.15) is 0 Å². The Bertz CT molecular complexity index is 239. The lowest BCUT2D eigenvalue weighted by molar-refractivity contribution is -0.115. The number of rotatable bonds is 7. The van der Waals surface area contributed by atoms with E-state index in [1.54, 1.807) is 12.3 Å².